The molecule has 0 saturated heterocycles. The maximum Gasteiger partial charge on any atom is 0.0619 e. The monoisotopic (exact) mass is 1470 g/mol. The Hall–Kier alpha value is -15.4. The van der Waals surface area contributed by atoms with Crippen molar-refractivity contribution in [3.63, 3.8) is 0 Å². The molecule has 0 spiro atoms. The molecule has 4 heterocycles. The van der Waals surface area contributed by atoms with Crippen molar-refractivity contribution in [2.24, 2.45) is 0 Å². The van der Waals surface area contributed by atoms with Crippen LogP contribution in [-0.4, -0.2) is 18.3 Å². The van der Waals surface area contributed by atoms with Crippen LogP contribution >= 0.6 is 0 Å². The van der Waals surface area contributed by atoms with Gasteiger partial charge in [0.05, 0.1) is 55.5 Å². The Morgan fingerprint density at radius 3 is 1.14 bits per heavy atom. The number of fused-ring (bicyclic) bond motifs is 22. The Morgan fingerprint density at radius 1 is 0.138 bits per heavy atom. The molecule has 0 radical (unpaired) electrons. The topological polar surface area (TPSA) is 19.7 Å². The number of aromatic nitrogens is 4. The molecule has 4 nitrogen and oxygen atoms in total. The fourth-order valence-corrected chi connectivity index (χ4v) is 20.9. The Kier molecular flexibility index (Phi) is 13.1. The van der Waals surface area contributed by atoms with E-state index >= 15 is 0 Å². The molecule has 2 aliphatic rings. The van der Waals surface area contributed by atoms with Gasteiger partial charge in [0.1, 0.15) is 0 Å². The fraction of sp³-hybridized carbons (Fsp3) is 0. The summed E-state index contributed by atoms with van der Waals surface area (Å²) < 4.78 is 10.1. The molecule has 0 aliphatic heterocycles. The van der Waals surface area contributed by atoms with Crippen molar-refractivity contribution >= 4 is 130 Å². The van der Waals surface area contributed by atoms with E-state index in [9.17, 15) is 0 Å². The van der Waals surface area contributed by atoms with Gasteiger partial charge in [0.25, 0.3) is 0 Å². The van der Waals surface area contributed by atoms with Crippen molar-refractivity contribution in [2.45, 2.75) is 0 Å². The van der Waals surface area contributed by atoms with E-state index in [4.69, 9.17) is 0 Å². The lowest BCUT2D eigenvalue weighted by Gasteiger charge is -2.19. The zero-order valence-electron chi connectivity index (χ0n) is 62.9. The average molecular weight is 1470 g/mol. The SMILES string of the molecule is c1ccc(-n2c3ccccc3c3ccc(-c4ccc5c6ccc7ccccc7c6n(-c6ccccc6-c6ccc7c8c(cc(-c9cc%10c%11ccccc%11n(-c%11ccccc%11-c%11ccc%12c%13c(cccc%11%13)-c%11ccccc%11-%12)c%10cc9-c9ccc%10c%11ccc%12ccccc%12c%11n(-c%11ccccc%11)c%10c9)cc68)-c6ccccc6-7)c5c4)cc32)cc1. The number of hydrogen-bond donors (Lipinski definition) is 0. The number of para-hydroxylation sites is 6. The zero-order chi connectivity index (χ0) is 75.5. The summed E-state index contributed by atoms with van der Waals surface area (Å²) in [7, 11) is 0. The van der Waals surface area contributed by atoms with Gasteiger partial charge in [-0.2, -0.15) is 0 Å². The molecule has 2 aliphatic carbocycles. The maximum absolute atomic E-state index is 2.60. The molecule has 4 aromatic heterocycles. The van der Waals surface area contributed by atoms with Gasteiger partial charge in [-0.1, -0.05) is 309 Å². The van der Waals surface area contributed by atoms with Gasteiger partial charge in [-0.3, -0.25) is 0 Å². The van der Waals surface area contributed by atoms with Gasteiger partial charge in [-0.25, -0.2) is 0 Å². The van der Waals surface area contributed by atoms with Crippen molar-refractivity contribution in [1.82, 2.24) is 18.3 Å². The number of nitrogens with zero attached hydrogens (tertiary/aromatic N) is 4. The van der Waals surface area contributed by atoms with Gasteiger partial charge in [0.15, 0.2) is 0 Å². The van der Waals surface area contributed by atoms with Gasteiger partial charge in [0, 0.05) is 76.4 Å². The molecule has 0 saturated carbocycles. The highest BCUT2D eigenvalue weighted by molar-refractivity contribution is 6.26. The lowest BCUT2D eigenvalue weighted by Crippen LogP contribution is -1.99. The van der Waals surface area contributed by atoms with E-state index in [0.29, 0.717) is 0 Å². The predicted octanol–water partition coefficient (Wildman–Crippen LogP) is 30.3. The third-order valence-corrected chi connectivity index (χ3v) is 25.8. The van der Waals surface area contributed by atoms with Gasteiger partial charge in [-0.15, -0.1) is 0 Å². The summed E-state index contributed by atoms with van der Waals surface area (Å²) >= 11 is 0. The summed E-state index contributed by atoms with van der Waals surface area (Å²) in [5.41, 5.74) is 35.6. The second kappa shape index (κ2) is 24.1. The van der Waals surface area contributed by atoms with Crippen molar-refractivity contribution in [3.05, 3.63) is 400 Å². The van der Waals surface area contributed by atoms with Crippen molar-refractivity contribution in [1.29, 1.82) is 0 Å². The number of rotatable bonds is 9. The van der Waals surface area contributed by atoms with Crippen LogP contribution in [0.2, 0.25) is 0 Å². The molecule has 0 fully saturated rings. The first-order chi connectivity index (χ1) is 57.6. The van der Waals surface area contributed by atoms with Crippen molar-refractivity contribution in [2.75, 3.05) is 0 Å². The third kappa shape index (κ3) is 8.87. The van der Waals surface area contributed by atoms with Crippen LogP contribution in [0.15, 0.2) is 400 Å². The normalized spacial score (nSPS) is 12.3. The highest BCUT2D eigenvalue weighted by Crippen LogP contribution is 2.56. The average Bonchev–Trinajstić information content (AvgIpc) is 1.56. The standard InChI is InChI=1S/C112H66N4/c1-3-26-73(27-4-1)113-101-42-19-17-38-85(101)87-51-48-69(62-105(87)113)70-49-52-89-95-55-47-68-25-8-10-31-76(68)112(95)116(107(89)63-70)104-45-22-16-37-84(104)82-57-59-93-79-34-13-14-35-80(79)99-60-72(61-100(82)110(93)99)96-65-98-86-39-18-21-44-103(86)115(102-43-20-15-36-83(102)81-56-58-92-78-33-12-11-32-77(78)90-40-23-41-91(81)109(90)92)108(98)66-97(96)71-50-53-88-94-54-46-67-24-7-9-30-75(67)111(94)114(106(88)64-71)74-28-5-2-6-29-74/h1-66H. The molecule has 0 amide bonds. The third-order valence-electron chi connectivity index (χ3n) is 25.8. The molecule has 0 atom stereocenters. The fourth-order valence-electron chi connectivity index (χ4n) is 20.9. The van der Waals surface area contributed by atoms with E-state index in [1.54, 1.807) is 0 Å². The van der Waals surface area contributed by atoms with Gasteiger partial charge < -0.3 is 18.3 Å². The lowest BCUT2D eigenvalue weighted by molar-refractivity contribution is 1.18. The quantitative estimate of drug-likeness (QED) is 0.137. The van der Waals surface area contributed by atoms with Crippen molar-refractivity contribution < 1.29 is 0 Å². The van der Waals surface area contributed by atoms with E-state index in [-0.39, 0.29) is 0 Å². The van der Waals surface area contributed by atoms with Crippen LogP contribution in [0.1, 0.15) is 0 Å². The predicted molar refractivity (Wildman–Crippen MR) is 490 cm³/mol. The largest absolute Gasteiger partial charge is 0.309 e. The first-order valence-corrected chi connectivity index (χ1v) is 40.3. The highest BCUT2D eigenvalue weighted by Gasteiger charge is 2.30. The van der Waals surface area contributed by atoms with Crippen LogP contribution in [0.25, 0.3) is 253 Å². The summed E-state index contributed by atoms with van der Waals surface area (Å²) in [4.78, 5) is 0. The van der Waals surface area contributed by atoms with Crippen LogP contribution in [-0.2, 0) is 0 Å². The Balaban J connectivity index is 0.734. The van der Waals surface area contributed by atoms with Crippen LogP contribution in [0.3, 0.4) is 0 Å². The second-order valence-electron chi connectivity index (χ2n) is 31.6. The number of benzene rings is 20. The minimum atomic E-state index is 1.12. The first-order valence-electron chi connectivity index (χ1n) is 40.3. The summed E-state index contributed by atoms with van der Waals surface area (Å²) in [6.45, 7) is 0. The van der Waals surface area contributed by atoms with Crippen molar-refractivity contribution in [3.8, 4) is 123 Å². The minimum Gasteiger partial charge on any atom is -0.309 e. The molecule has 0 N–H and O–H groups in total. The van der Waals surface area contributed by atoms with E-state index in [1.165, 1.54) is 169 Å². The second-order valence-corrected chi connectivity index (χ2v) is 31.6. The highest BCUT2D eigenvalue weighted by atomic mass is 15.0. The molecule has 4 heteroatoms. The maximum atomic E-state index is 2.60. The van der Waals surface area contributed by atoms with E-state index in [0.717, 1.165) is 83.8 Å². The molecular formula is C112H66N4. The van der Waals surface area contributed by atoms with E-state index in [1.807, 2.05) is 0 Å². The molecule has 534 valence electrons. The van der Waals surface area contributed by atoms with E-state index < -0.39 is 0 Å². The summed E-state index contributed by atoms with van der Waals surface area (Å²) in [5.74, 6) is 0. The van der Waals surface area contributed by atoms with Crippen LogP contribution in [0.4, 0.5) is 0 Å². The Labute approximate surface area is 667 Å². The smallest absolute Gasteiger partial charge is 0.0619 e. The number of hydrogen-bond acceptors (Lipinski definition) is 0. The van der Waals surface area contributed by atoms with Gasteiger partial charge in [-0.05, 0) is 212 Å². The van der Waals surface area contributed by atoms with Crippen LogP contribution in [0.5, 0.6) is 0 Å². The molecular weight excluding hydrogens is 1400 g/mol. The molecule has 0 unspecified atom stereocenters. The van der Waals surface area contributed by atoms with E-state index in [2.05, 4.69) is 419 Å². The lowest BCUT2D eigenvalue weighted by atomic mass is 9.87. The van der Waals surface area contributed by atoms with Gasteiger partial charge >= 0.3 is 0 Å². The summed E-state index contributed by atoms with van der Waals surface area (Å²) in [5, 5.41) is 19.6. The van der Waals surface area contributed by atoms with Crippen LogP contribution < -0.4 is 0 Å². The van der Waals surface area contributed by atoms with Crippen LogP contribution in [0, 0.1) is 0 Å². The minimum absolute atomic E-state index is 1.12. The molecule has 20 aromatic carbocycles. The molecule has 0 bridgehead atoms. The molecule has 26 rings (SSSR count). The Morgan fingerprint density at radius 2 is 0.517 bits per heavy atom. The van der Waals surface area contributed by atoms with Gasteiger partial charge in [0.2, 0.25) is 0 Å². The summed E-state index contributed by atoms with van der Waals surface area (Å²) in [6.07, 6.45) is 0. The Bertz CT molecular complexity index is 8420. The molecule has 24 aromatic rings. The summed E-state index contributed by atoms with van der Waals surface area (Å²) in [6, 6.07) is 151. The first kappa shape index (κ1) is 63.3. The zero-order valence-corrected chi connectivity index (χ0v) is 62.9. The molecule has 116 heavy (non-hydrogen) atoms.